The Morgan fingerprint density at radius 1 is 1.40 bits per heavy atom. The summed E-state index contributed by atoms with van der Waals surface area (Å²) in [4.78, 5) is 9.30. The first-order chi connectivity index (χ1) is 11.6. The number of ether oxygens (including phenoxy) is 1. The second-order valence-corrected chi connectivity index (χ2v) is 6.58. The first-order valence-electron chi connectivity index (χ1n) is 8.69. The SMILES string of the molecule is CCNC(=NCc1cn2c(C)cccc2n1)NCC1(C)CCCO1.I. The van der Waals surface area contributed by atoms with Gasteiger partial charge in [0.25, 0.3) is 0 Å². The van der Waals surface area contributed by atoms with Crippen LogP contribution in [0.3, 0.4) is 0 Å². The van der Waals surface area contributed by atoms with Crippen molar-refractivity contribution in [2.75, 3.05) is 19.7 Å². The van der Waals surface area contributed by atoms with E-state index in [2.05, 4.69) is 58.0 Å². The molecule has 1 aliphatic rings. The second kappa shape index (κ2) is 8.84. The minimum absolute atomic E-state index is 0. The van der Waals surface area contributed by atoms with Gasteiger partial charge in [-0.15, -0.1) is 24.0 Å². The maximum absolute atomic E-state index is 5.82. The van der Waals surface area contributed by atoms with Crippen LogP contribution in [0.2, 0.25) is 0 Å². The molecule has 3 rings (SSSR count). The topological polar surface area (TPSA) is 63.0 Å². The Labute approximate surface area is 166 Å². The van der Waals surface area contributed by atoms with Crippen molar-refractivity contribution in [2.45, 2.75) is 45.8 Å². The number of pyridine rings is 1. The van der Waals surface area contributed by atoms with Gasteiger partial charge in [-0.3, -0.25) is 0 Å². The fraction of sp³-hybridized carbons (Fsp3) is 0.556. The van der Waals surface area contributed by atoms with Crippen LogP contribution >= 0.6 is 24.0 Å². The van der Waals surface area contributed by atoms with E-state index in [1.165, 1.54) is 5.69 Å². The van der Waals surface area contributed by atoms with Gasteiger partial charge in [0.15, 0.2) is 5.96 Å². The Morgan fingerprint density at radius 3 is 2.92 bits per heavy atom. The molecule has 6 nitrogen and oxygen atoms in total. The Kier molecular flexibility index (Phi) is 7.06. The molecule has 25 heavy (non-hydrogen) atoms. The summed E-state index contributed by atoms with van der Waals surface area (Å²) in [7, 11) is 0. The van der Waals surface area contributed by atoms with Crippen LogP contribution < -0.4 is 10.6 Å². The van der Waals surface area contributed by atoms with Gasteiger partial charge in [0.05, 0.1) is 17.8 Å². The number of fused-ring (bicyclic) bond motifs is 1. The van der Waals surface area contributed by atoms with Crippen LogP contribution in [0.1, 0.15) is 38.1 Å². The lowest BCUT2D eigenvalue weighted by atomic mass is 10.0. The average molecular weight is 457 g/mol. The Hall–Kier alpha value is -1.35. The summed E-state index contributed by atoms with van der Waals surface area (Å²) in [5.74, 6) is 0.808. The number of aromatic nitrogens is 2. The van der Waals surface area contributed by atoms with E-state index in [-0.39, 0.29) is 29.6 Å². The molecule has 1 saturated heterocycles. The molecule has 0 amide bonds. The van der Waals surface area contributed by atoms with E-state index in [1.54, 1.807) is 0 Å². The van der Waals surface area contributed by atoms with Crippen LogP contribution in [0, 0.1) is 6.92 Å². The number of halogens is 1. The molecule has 1 unspecified atom stereocenters. The quantitative estimate of drug-likeness (QED) is 0.412. The molecule has 2 N–H and O–H groups in total. The number of guanidine groups is 1. The number of rotatable bonds is 5. The molecule has 0 bridgehead atoms. The van der Waals surface area contributed by atoms with E-state index in [9.17, 15) is 0 Å². The number of hydrogen-bond donors (Lipinski definition) is 2. The predicted octanol–water partition coefficient (Wildman–Crippen LogP) is 2.88. The molecule has 1 fully saturated rings. The highest BCUT2D eigenvalue weighted by atomic mass is 127. The van der Waals surface area contributed by atoms with Crippen LogP contribution in [0.4, 0.5) is 0 Å². The standard InChI is InChI=1S/C18H27N5O.HI/c1-4-19-17(21-13-18(3)9-6-10-24-18)20-11-15-12-23-14(2)7-5-8-16(23)22-15;/h5,7-8,12H,4,6,9-11,13H2,1-3H3,(H2,19,20,21);1H. The lowest BCUT2D eigenvalue weighted by Gasteiger charge is -2.24. The van der Waals surface area contributed by atoms with E-state index in [0.29, 0.717) is 6.54 Å². The summed E-state index contributed by atoms with van der Waals surface area (Å²) < 4.78 is 7.92. The van der Waals surface area contributed by atoms with Crippen LogP contribution in [0.15, 0.2) is 29.4 Å². The molecule has 0 aromatic carbocycles. The summed E-state index contributed by atoms with van der Waals surface area (Å²) in [6, 6.07) is 6.12. The number of nitrogens with zero attached hydrogens (tertiary/aromatic N) is 3. The maximum atomic E-state index is 5.82. The summed E-state index contributed by atoms with van der Waals surface area (Å²) in [5, 5.41) is 6.69. The average Bonchev–Trinajstić information content (AvgIpc) is 3.18. The normalized spacial score (nSPS) is 20.5. The van der Waals surface area contributed by atoms with Gasteiger partial charge in [-0.2, -0.15) is 0 Å². The van der Waals surface area contributed by atoms with E-state index >= 15 is 0 Å². The molecule has 2 aromatic heterocycles. The van der Waals surface area contributed by atoms with Gasteiger partial charge in [-0.25, -0.2) is 9.98 Å². The molecule has 3 heterocycles. The fourth-order valence-electron chi connectivity index (χ4n) is 3.02. The number of aryl methyl sites for hydroxylation is 1. The van der Waals surface area contributed by atoms with E-state index in [1.807, 2.05) is 12.1 Å². The molecule has 0 radical (unpaired) electrons. The summed E-state index contributed by atoms with van der Waals surface area (Å²) >= 11 is 0. The first-order valence-corrected chi connectivity index (χ1v) is 8.69. The minimum atomic E-state index is -0.0869. The van der Waals surface area contributed by atoms with E-state index < -0.39 is 0 Å². The summed E-state index contributed by atoms with van der Waals surface area (Å²) in [6.07, 6.45) is 4.27. The zero-order valence-electron chi connectivity index (χ0n) is 15.2. The molecule has 0 aliphatic carbocycles. The van der Waals surface area contributed by atoms with Crippen LogP contribution in [0.25, 0.3) is 5.65 Å². The fourth-order valence-corrected chi connectivity index (χ4v) is 3.02. The number of nitrogens with one attached hydrogen (secondary N) is 2. The number of hydrogen-bond acceptors (Lipinski definition) is 3. The van der Waals surface area contributed by atoms with Gasteiger partial charge in [0.1, 0.15) is 5.65 Å². The zero-order valence-corrected chi connectivity index (χ0v) is 17.5. The van der Waals surface area contributed by atoms with Crippen LogP contribution in [0.5, 0.6) is 0 Å². The smallest absolute Gasteiger partial charge is 0.191 e. The Morgan fingerprint density at radius 2 is 2.24 bits per heavy atom. The molecule has 138 valence electrons. The van der Waals surface area contributed by atoms with Crippen molar-refractivity contribution in [3.8, 4) is 0 Å². The largest absolute Gasteiger partial charge is 0.373 e. The molecule has 2 aromatic rings. The number of imidazole rings is 1. The molecule has 1 aliphatic heterocycles. The van der Waals surface area contributed by atoms with Crippen molar-refractivity contribution in [2.24, 2.45) is 4.99 Å². The van der Waals surface area contributed by atoms with Gasteiger partial charge in [0, 0.05) is 31.6 Å². The molecule has 7 heteroatoms. The summed E-state index contributed by atoms with van der Waals surface area (Å²) in [6.45, 7) is 9.30. The molecule has 0 spiro atoms. The zero-order chi connectivity index (χ0) is 17.0. The van der Waals surface area contributed by atoms with Crippen molar-refractivity contribution in [1.82, 2.24) is 20.0 Å². The highest BCUT2D eigenvalue weighted by Gasteiger charge is 2.29. The minimum Gasteiger partial charge on any atom is -0.373 e. The Balaban J connectivity index is 0.00000225. The van der Waals surface area contributed by atoms with Crippen molar-refractivity contribution in [3.05, 3.63) is 35.8 Å². The van der Waals surface area contributed by atoms with E-state index in [4.69, 9.17) is 4.74 Å². The van der Waals surface area contributed by atoms with Crippen molar-refractivity contribution in [3.63, 3.8) is 0 Å². The molecule has 1 atom stereocenters. The van der Waals surface area contributed by atoms with Gasteiger partial charge in [-0.05, 0) is 45.7 Å². The molecule has 0 saturated carbocycles. The summed E-state index contributed by atoms with van der Waals surface area (Å²) in [5.41, 5.74) is 3.01. The van der Waals surface area contributed by atoms with Gasteiger partial charge >= 0.3 is 0 Å². The monoisotopic (exact) mass is 457 g/mol. The second-order valence-electron chi connectivity index (χ2n) is 6.58. The van der Waals surface area contributed by atoms with Crippen LogP contribution in [-0.2, 0) is 11.3 Å². The lowest BCUT2D eigenvalue weighted by Crippen LogP contribution is -2.45. The molecular formula is C18H28IN5O. The third-order valence-electron chi connectivity index (χ3n) is 4.42. The maximum Gasteiger partial charge on any atom is 0.191 e. The molecular weight excluding hydrogens is 429 g/mol. The van der Waals surface area contributed by atoms with Crippen molar-refractivity contribution >= 4 is 35.6 Å². The van der Waals surface area contributed by atoms with Crippen molar-refractivity contribution in [1.29, 1.82) is 0 Å². The number of aliphatic imine (C=N–C) groups is 1. The van der Waals surface area contributed by atoms with Crippen molar-refractivity contribution < 1.29 is 4.74 Å². The van der Waals surface area contributed by atoms with E-state index in [0.717, 1.165) is 49.8 Å². The third-order valence-corrected chi connectivity index (χ3v) is 4.42. The Bertz CT molecular complexity index is 721. The first kappa shape index (κ1) is 20.0. The third kappa shape index (κ3) is 5.07. The highest BCUT2D eigenvalue weighted by Crippen LogP contribution is 2.23. The van der Waals surface area contributed by atoms with Gasteiger partial charge < -0.3 is 19.8 Å². The van der Waals surface area contributed by atoms with Gasteiger partial charge in [-0.1, -0.05) is 6.07 Å². The highest BCUT2D eigenvalue weighted by molar-refractivity contribution is 14.0. The van der Waals surface area contributed by atoms with Crippen LogP contribution in [-0.4, -0.2) is 40.6 Å². The van der Waals surface area contributed by atoms with Gasteiger partial charge in [0.2, 0.25) is 0 Å². The lowest BCUT2D eigenvalue weighted by molar-refractivity contribution is 0.0243. The predicted molar refractivity (Wildman–Crippen MR) is 112 cm³/mol.